The standard InChI is InChI=1S/C36H39N5O5/c1-26-6-3-5-21-41(26)25-27-8-10-28(11-9-27)35(42)39-29-12-17-34(38-24-29)46-36(43)40-22-18-32(19-23-40)44-30-13-15-31(16-14-30)45-33-7-2-4-20-37-33/h2,4,7-17,20,24,26,32H,3,5-6,18-19,21-23,25H2,1H3,(H,39,42). The summed E-state index contributed by atoms with van der Waals surface area (Å²) in [6.07, 6.45) is 7.83. The van der Waals surface area contributed by atoms with Gasteiger partial charge in [0.2, 0.25) is 11.8 Å². The van der Waals surface area contributed by atoms with Crippen molar-refractivity contribution in [2.24, 2.45) is 0 Å². The summed E-state index contributed by atoms with van der Waals surface area (Å²) in [6.45, 7) is 5.32. The summed E-state index contributed by atoms with van der Waals surface area (Å²) < 4.78 is 17.4. The Morgan fingerprint density at radius 1 is 0.826 bits per heavy atom. The fraction of sp³-hybridized carbons (Fsp3) is 0.333. The fourth-order valence-electron chi connectivity index (χ4n) is 5.72. The number of carbonyl (C=O) groups is 2. The first-order valence-corrected chi connectivity index (χ1v) is 15.9. The van der Waals surface area contributed by atoms with E-state index in [1.165, 1.54) is 31.0 Å². The molecule has 2 aliphatic rings. The normalized spacial score (nSPS) is 17.2. The SMILES string of the molecule is CC1CCCCN1Cc1ccc(C(=O)Nc2ccc(OC(=O)N3CCC(Oc4ccc(Oc5ccccn5)cc4)CC3)nc2)cc1. The van der Waals surface area contributed by atoms with Gasteiger partial charge in [0.15, 0.2) is 0 Å². The highest BCUT2D eigenvalue weighted by molar-refractivity contribution is 6.04. The highest BCUT2D eigenvalue weighted by Crippen LogP contribution is 2.25. The van der Waals surface area contributed by atoms with Crippen LogP contribution in [0.2, 0.25) is 0 Å². The molecule has 10 heteroatoms. The maximum absolute atomic E-state index is 12.8. The number of carbonyl (C=O) groups excluding carboxylic acids is 2. The lowest BCUT2D eigenvalue weighted by Gasteiger charge is -2.33. The van der Waals surface area contributed by atoms with E-state index < -0.39 is 6.09 Å². The third-order valence-corrected chi connectivity index (χ3v) is 8.42. The molecule has 6 rings (SSSR count). The second kappa shape index (κ2) is 14.9. The number of anilines is 1. The average molecular weight is 622 g/mol. The predicted molar refractivity (Wildman–Crippen MR) is 174 cm³/mol. The van der Waals surface area contributed by atoms with Crippen molar-refractivity contribution in [3.05, 3.63) is 102 Å². The number of hydrogen-bond donors (Lipinski definition) is 1. The molecule has 0 radical (unpaired) electrons. The van der Waals surface area contributed by atoms with E-state index in [9.17, 15) is 9.59 Å². The Balaban J connectivity index is 0.921. The molecular weight excluding hydrogens is 582 g/mol. The van der Waals surface area contributed by atoms with Gasteiger partial charge >= 0.3 is 6.09 Å². The Bertz CT molecular complexity index is 1570. The van der Waals surface area contributed by atoms with E-state index in [4.69, 9.17) is 14.2 Å². The fourth-order valence-corrected chi connectivity index (χ4v) is 5.72. The van der Waals surface area contributed by atoms with E-state index >= 15 is 0 Å². The van der Waals surface area contributed by atoms with Crippen LogP contribution < -0.4 is 19.5 Å². The second-order valence-electron chi connectivity index (χ2n) is 11.8. The smallest absolute Gasteiger partial charge is 0.416 e. The lowest BCUT2D eigenvalue weighted by Crippen LogP contribution is -2.43. The van der Waals surface area contributed by atoms with Gasteiger partial charge in [-0.3, -0.25) is 9.69 Å². The first-order valence-electron chi connectivity index (χ1n) is 15.9. The van der Waals surface area contributed by atoms with Crippen molar-refractivity contribution in [1.82, 2.24) is 19.8 Å². The highest BCUT2D eigenvalue weighted by atomic mass is 16.6. The largest absolute Gasteiger partial charge is 0.490 e. The van der Waals surface area contributed by atoms with Crippen LogP contribution in [0.4, 0.5) is 10.5 Å². The minimum Gasteiger partial charge on any atom is -0.490 e. The van der Waals surface area contributed by atoms with Crippen molar-refractivity contribution < 1.29 is 23.8 Å². The monoisotopic (exact) mass is 621 g/mol. The van der Waals surface area contributed by atoms with Gasteiger partial charge in [-0.25, -0.2) is 14.8 Å². The van der Waals surface area contributed by atoms with Crippen molar-refractivity contribution in [2.45, 2.75) is 57.7 Å². The molecule has 1 unspecified atom stereocenters. The Morgan fingerprint density at radius 2 is 1.61 bits per heavy atom. The van der Waals surface area contributed by atoms with Gasteiger partial charge in [-0.05, 0) is 80.4 Å². The molecule has 2 amide bonds. The summed E-state index contributed by atoms with van der Waals surface area (Å²) in [5.41, 5.74) is 2.29. The van der Waals surface area contributed by atoms with Gasteiger partial charge in [0, 0.05) is 62.4 Å². The maximum Gasteiger partial charge on any atom is 0.416 e. The van der Waals surface area contributed by atoms with Gasteiger partial charge < -0.3 is 24.4 Å². The maximum atomic E-state index is 12.8. The quantitative estimate of drug-likeness (QED) is 0.214. The third-order valence-electron chi connectivity index (χ3n) is 8.42. The number of pyridine rings is 2. The van der Waals surface area contributed by atoms with Crippen LogP contribution in [0.25, 0.3) is 0 Å². The summed E-state index contributed by atoms with van der Waals surface area (Å²) in [5, 5.41) is 2.86. The molecule has 0 saturated carbocycles. The molecule has 238 valence electrons. The Morgan fingerprint density at radius 3 is 2.30 bits per heavy atom. The Hall–Kier alpha value is -4.96. The number of ether oxygens (including phenoxy) is 3. The van der Waals surface area contributed by atoms with Gasteiger partial charge in [0.25, 0.3) is 5.91 Å². The molecule has 4 aromatic rings. The molecule has 4 heterocycles. The van der Waals surface area contributed by atoms with E-state index in [-0.39, 0.29) is 17.9 Å². The van der Waals surface area contributed by atoms with Gasteiger partial charge in [0.05, 0.1) is 11.9 Å². The number of nitrogens with zero attached hydrogens (tertiary/aromatic N) is 4. The first-order chi connectivity index (χ1) is 22.5. The van der Waals surface area contributed by atoms with Crippen LogP contribution in [0.5, 0.6) is 23.3 Å². The third kappa shape index (κ3) is 8.39. The summed E-state index contributed by atoms with van der Waals surface area (Å²) in [7, 11) is 0. The van der Waals surface area contributed by atoms with Crippen LogP contribution in [-0.4, -0.2) is 63.5 Å². The molecular formula is C36H39N5O5. The lowest BCUT2D eigenvalue weighted by atomic mass is 10.0. The summed E-state index contributed by atoms with van der Waals surface area (Å²) in [4.78, 5) is 38.1. The van der Waals surface area contributed by atoms with Gasteiger partial charge in [0.1, 0.15) is 17.6 Å². The summed E-state index contributed by atoms with van der Waals surface area (Å²) in [6, 6.07) is 24.5. The Kier molecular flexibility index (Phi) is 10.0. The number of benzene rings is 2. The van der Waals surface area contributed by atoms with Gasteiger partial charge in [-0.1, -0.05) is 24.6 Å². The number of amides is 2. The number of piperidine rings is 2. The zero-order chi connectivity index (χ0) is 31.7. The number of aromatic nitrogens is 2. The van der Waals surface area contributed by atoms with E-state index in [1.807, 2.05) is 60.7 Å². The zero-order valence-electron chi connectivity index (χ0n) is 26.0. The minimum absolute atomic E-state index is 0.0119. The van der Waals surface area contributed by atoms with Crippen molar-refractivity contribution in [2.75, 3.05) is 25.0 Å². The molecule has 2 saturated heterocycles. The molecule has 2 aliphatic heterocycles. The number of likely N-dealkylation sites (tertiary alicyclic amines) is 2. The molecule has 10 nitrogen and oxygen atoms in total. The Labute approximate surface area is 269 Å². The van der Waals surface area contributed by atoms with Crippen molar-refractivity contribution in [3.8, 4) is 23.3 Å². The van der Waals surface area contributed by atoms with E-state index in [1.54, 1.807) is 29.3 Å². The molecule has 1 atom stereocenters. The number of rotatable bonds is 9. The lowest BCUT2D eigenvalue weighted by molar-refractivity contribution is 0.0922. The molecule has 1 N–H and O–H groups in total. The molecule has 2 fully saturated rings. The van der Waals surface area contributed by atoms with Crippen LogP contribution in [0.15, 0.2) is 91.3 Å². The van der Waals surface area contributed by atoms with Crippen LogP contribution in [0.3, 0.4) is 0 Å². The topological polar surface area (TPSA) is 106 Å². The predicted octanol–water partition coefficient (Wildman–Crippen LogP) is 6.94. The van der Waals surface area contributed by atoms with Crippen molar-refractivity contribution >= 4 is 17.7 Å². The van der Waals surface area contributed by atoms with Crippen molar-refractivity contribution in [1.29, 1.82) is 0 Å². The van der Waals surface area contributed by atoms with Crippen LogP contribution in [0.1, 0.15) is 54.9 Å². The van der Waals surface area contributed by atoms with E-state index in [0.29, 0.717) is 54.9 Å². The molecule has 2 aromatic carbocycles. The summed E-state index contributed by atoms with van der Waals surface area (Å²) in [5.74, 6) is 1.90. The first kappa shape index (κ1) is 31.0. The number of hydrogen-bond acceptors (Lipinski definition) is 8. The molecule has 0 spiro atoms. The van der Waals surface area contributed by atoms with Crippen LogP contribution in [0, 0.1) is 0 Å². The molecule has 0 aliphatic carbocycles. The number of nitrogens with one attached hydrogen (secondary N) is 1. The molecule has 46 heavy (non-hydrogen) atoms. The van der Waals surface area contributed by atoms with Gasteiger partial charge in [-0.15, -0.1) is 0 Å². The zero-order valence-corrected chi connectivity index (χ0v) is 26.0. The van der Waals surface area contributed by atoms with Crippen LogP contribution >= 0.6 is 0 Å². The molecule has 0 bridgehead atoms. The minimum atomic E-state index is -0.460. The van der Waals surface area contributed by atoms with Crippen LogP contribution in [-0.2, 0) is 6.54 Å². The molecule has 2 aromatic heterocycles. The van der Waals surface area contributed by atoms with Crippen molar-refractivity contribution in [3.63, 3.8) is 0 Å². The average Bonchev–Trinajstić information content (AvgIpc) is 3.09. The van der Waals surface area contributed by atoms with Gasteiger partial charge in [-0.2, -0.15) is 0 Å². The van der Waals surface area contributed by atoms with E-state index in [0.717, 1.165) is 18.8 Å². The summed E-state index contributed by atoms with van der Waals surface area (Å²) >= 11 is 0. The second-order valence-corrected chi connectivity index (χ2v) is 11.8. The highest BCUT2D eigenvalue weighted by Gasteiger charge is 2.26. The van der Waals surface area contributed by atoms with E-state index in [2.05, 4.69) is 27.1 Å².